The lowest BCUT2D eigenvalue weighted by atomic mass is 10.1. The van der Waals surface area contributed by atoms with E-state index < -0.39 is 0 Å². The van der Waals surface area contributed by atoms with Crippen LogP contribution in [0.4, 0.5) is 0 Å². The van der Waals surface area contributed by atoms with E-state index in [1.165, 1.54) is 0 Å². The first-order chi connectivity index (χ1) is 18.6. The van der Waals surface area contributed by atoms with Crippen LogP contribution in [0.2, 0.25) is 0 Å². The van der Waals surface area contributed by atoms with Crippen molar-refractivity contribution in [2.45, 2.75) is 45.3 Å². The zero-order chi connectivity index (χ0) is 26.6. The molecule has 0 atom stereocenters. The van der Waals surface area contributed by atoms with Crippen molar-refractivity contribution in [2.75, 3.05) is 26.8 Å². The number of ether oxygens (including phenoxy) is 2. The largest absolute Gasteiger partial charge is 0.497 e. The molecule has 38 heavy (non-hydrogen) atoms. The van der Waals surface area contributed by atoms with Gasteiger partial charge < -0.3 is 20.1 Å². The Bertz CT molecular complexity index is 1200. The first kappa shape index (κ1) is 27.2. The minimum absolute atomic E-state index is 0.0238. The van der Waals surface area contributed by atoms with Gasteiger partial charge in [0.1, 0.15) is 11.5 Å². The van der Waals surface area contributed by atoms with E-state index in [1.807, 2.05) is 60.7 Å². The fourth-order valence-electron chi connectivity index (χ4n) is 4.56. The predicted octanol–water partition coefficient (Wildman–Crippen LogP) is 4.24. The average molecular weight is 516 g/mol. The van der Waals surface area contributed by atoms with E-state index in [2.05, 4.69) is 27.7 Å². The van der Waals surface area contributed by atoms with Crippen molar-refractivity contribution >= 4 is 11.8 Å². The molecular formula is C31H37N3O4. The van der Waals surface area contributed by atoms with Gasteiger partial charge in [0.2, 0.25) is 11.8 Å². The molecule has 0 bridgehead atoms. The van der Waals surface area contributed by atoms with E-state index in [9.17, 15) is 9.59 Å². The molecule has 0 saturated heterocycles. The molecule has 1 aliphatic rings. The SMILES string of the molecule is COc1cccc(CNC(=O)Cc2ccc3c(c2)CN(Cc2ccccc2)CC(=O)NCCCCCO3)c1. The first-order valence-electron chi connectivity index (χ1n) is 13.3. The highest BCUT2D eigenvalue weighted by Gasteiger charge is 2.17. The molecule has 1 aliphatic heterocycles. The van der Waals surface area contributed by atoms with Crippen LogP contribution >= 0.6 is 0 Å². The van der Waals surface area contributed by atoms with Crippen molar-refractivity contribution in [2.24, 2.45) is 0 Å². The van der Waals surface area contributed by atoms with Gasteiger partial charge in [-0.25, -0.2) is 0 Å². The topological polar surface area (TPSA) is 79.9 Å². The molecular weight excluding hydrogens is 478 g/mol. The second-order valence-electron chi connectivity index (χ2n) is 9.64. The van der Waals surface area contributed by atoms with Crippen molar-refractivity contribution in [3.05, 3.63) is 95.1 Å². The van der Waals surface area contributed by atoms with Gasteiger partial charge in [-0.05, 0) is 54.2 Å². The molecule has 1 heterocycles. The van der Waals surface area contributed by atoms with E-state index in [4.69, 9.17) is 9.47 Å². The lowest BCUT2D eigenvalue weighted by molar-refractivity contribution is -0.122. The number of hydrogen-bond donors (Lipinski definition) is 2. The van der Waals surface area contributed by atoms with Crippen LogP contribution in [0, 0.1) is 0 Å². The monoisotopic (exact) mass is 515 g/mol. The number of fused-ring (bicyclic) bond motifs is 1. The van der Waals surface area contributed by atoms with Crippen molar-refractivity contribution in [1.29, 1.82) is 0 Å². The number of rotatable bonds is 7. The summed E-state index contributed by atoms with van der Waals surface area (Å²) < 4.78 is 11.4. The molecule has 4 rings (SSSR count). The molecule has 0 saturated carbocycles. The van der Waals surface area contributed by atoms with Gasteiger partial charge in [-0.3, -0.25) is 14.5 Å². The van der Waals surface area contributed by atoms with E-state index in [1.54, 1.807) is 7.11 Å². The van der Waals surface area contributed by atoms with Crippen LogP contribution in [0.5, 0.6) is 11.5 Å². The van der Waals surface area contributed by atoms with E-state index in [0.29, 0.717) is 39.3 Å². The summed E-state index contributed by atoms with van der Waals surface area (Å²) in [6, 6.07) is 23.8. The number of carbonyl (C=O) groups excluding carboxylic acids is 2. The second kappa shape index (κ2) is 14.2. The number of hydrogen-bond acceptors (Lipinski definition) is 5. The maximum absolute atomic E-state index is 12.8. The van der Waals surface area contributed by atoms with E-state index in [0.717, 1.165) is 53.0 Å². The third-order valence-electron chi connectivity index (χ3n) is 6.52. The molecule has 3 aromatic rings. The van der Waals surface area contributed by atoms with Gasteiger partial charge in [0.25, 0.3) is 0 Å². The molecule has 3 aromatic carbocycles. The molecule has 200 valence electrons. The maximum atomic E-state index is 12.8. The van der Waals surface area contributed by atoms with E-state index in [-0.39, 0.29) is 18.2 Å². The number of amides is 2. The van der Waals surface area contributed by atoms with Crippen molar-refractivity contribution < 1.29 is 19.1 Å². The number of benzene rings is 3. The fraction of sp³-hybridized carbons (Fsp3) is 0.355. The van der Waals surface area contributed by atoms with Crippen molar-refractivity contribution in [3.63, 3.8) is 0 Å². The summed E-state index contributed by atoms with van der Waals surface area (Å²) in [6.07, 6.45) is 3.12. The van der Waals surface area contributed by atoms with Gasteiger partial charge in [-0.1, -0.05) is 54.6 Å². The molecule has 0 spiro atoms. The standard InChI is InChI=1S/C31H37N3O4/c1-37-28-12-8-11-26(18-28)20-33-30(35)19-25-13-14-29-27(17-25)22-34(21-24-9-4-2-5-10-24)23-31(36)32-15-6-3-7-16-38-29/h2,4-5,8-14,17-18H,3,6-7,15-16,19-23H2,1H3,(H,32,36)(H,33,35). The Kier molecular flexibility index (Phi) is 10.2. The van der Waals surface area contributed by atoms with Crippen LogP contribution < -0.4 is 20.1 Å². The quantitative estimate of drug-likeness (QED) is 0.492. The van der Waals surface area contributed by atoms with Crippen LogP contribution in [-0.4, -0.2) is 43.5 Å². The molecule has 0 aliphatic carbocycles. The average Bonchev–Trinajstić information content (AvgIpc) is 2.94. The summed E-state index contributed by atoms with van der Waals surface area (Å²) in [4.78, 5) is 27.6. The van der Waals surface area contributed by atoms with Crippen LogP contribution in [0.25, 0.3) is 0 Å². The molecule has 0 aromatic heterocycles. The number of methoxy groups -OCH3 is 1. The number of carbonyl (C=O) groups is 2. The van der Waals surface area contributed by atoms with Crippen LogP contribution in [0.3, 0.4) is 0 Å². The summed E-state index contributed by atoms with van der Waals surface area (Å²) in [7, 11) is 1.63. The second-order valence-corrected chi connectivity index (χ2v) is 9.64. The normalized spacial score (nSPS) is 15.0. The molecule has 7 heteroatoms. The highest BCUT2D eigenvalue weighted by molar-refractivity contribution is 5.79. The molecule has 0 fully saturated rings. The minimum Gasteiger partial charge on any atom is -0.497 e. The number of nitrogens with zero attached hydrogens (tertiary/aromatic N) is 1. The van der Waals surface area contributed by atoms with Crippen LogP contribution in [-0.2, 0) is 35.6 Å². The first-order valence-corrected chi connectivity index (χ1v) is 13.3. The summed E-state index contributed by atoms with van der Waals surface area (Å²) in [6.45, 7) is 3.21. The zero-order valence-corrected chi connectivity index (χ0v) is 22.1. The Balaban J connectivity index is 1.49. The summed E-state index contributed by atoms with van der Waals surface area (Å²) in [5, 5.41) is 6.05. The minimum atomic E-state index is -0.0566. The molecule has 2 amide bonds. The Morgan fingerprint density at radius 2 is 1.79 bits per heavy atom. The highest BCUT2D eigenvalue weighted by Crippen LogP contribution is 2.24. The van der Waals surface area contributed by atoms with E-state index >= 15 is 0 Å². The van der Waals surface area contributed by atoms with Gasteiger partial charge >= 0.3 is 0 Å². The molecule has 7 nitrogen and oxygen atoms in total. The van der Waals surface area contributed by atoms with Crippen LogP contribution in [0.15, 0.2) is 72.8 Å². The van der Waals surface area contributed by atoms with Crippen molar-refractivity contribution in [1.82, 2.24) is 15.5 Å². The molecule has 2 N–H and O–H groups in total. The smallest absolute Gasteiger partial charge is 0.234 e. The lowest BCUT2D eigenvalue weighted by Gasteiger charge is -2.23. The van der Waals surface area contributed by atoms with Crippen molar-refractivity contribution in [3.8, 4) is 11.5 Å². The predicted molar refractivity (Wildman–Crippen MR) is 148 cm³/mol. The van der Waals surface area contributed by atoms with Gasteiger partial charge in [0, 0.05) is 31.7 Å². The Morgan fingerprint density at radius 1 is 0.947 bits per heavy atom. The highest BCUT2D eigenvalue weighted by atomic mass is 16.5. The maximum Gasteiger partial charge on any atom is 0.234 e. The Hall–Kier alpha value is -3.84. The lowest BCUT2D eigenvalue weighted by Crippen LogP contribution is -2.37. The molecule has 0 radical (unpaired) electrons. The van der Waals surface area contributed by atoms with Gasteiger partial charge in [0.05, 0.1) is 26.7 Å². The number of nitrogens with one attached hydrogen (secondary N) is 2. The summed E-state index contributed by atoms with van der Waals surface area (Å²) in [5.41, 5.74) is 4.00. The third kappa shape index (κ3) is 8.63. The third-order valence-corrected chi connectivity index (χ3v) is 6.52. The van der Waals surface area contributed by atoms with Gasteiger partial charge in [-0.2, -0.15) is 0 Å². The van der Waals surface area contributed by atoms with Crippen LogP contribution in [0.1, 0.15) is 41.5 Å². The van der Waals surface area contributed by atoms with Gasteiger partial charge in [0.15, 0.2) is 0 Å². The Labute approximate surface area is 225 Å². The van der Waals surface area contributed by atoms with Gasteiger partial charge in [-0.15, -0.1) is 0 Å². The zero-order valence-electron chi connectivity index (χ0n) is 22.1. The summed E-state index contributed by atoms with van der Waals surface area (Å²) >= 11 is 0. The fourth-order valence-corrected chi connectivity index (χ4v) is 4.56. The molecule has 0 unspecified atom stereocenters. The Morgan fingerprint density at radius 3 is 2.63 bits per heavy atom. The summed E-state index contributed by atoms with van der Waals surface area (Å²) in [5.74, 6) is 1.54.